The molecule has 1 aromatic carbocycles. The Bertz CT molecular complexity index is 586. The summed E-state index contributed by atoms with van der Waals surface area (Å²) in [4.78, 5) is 15.7. The zero-order valence-corrected chi connectivity index (χ0v) is 9.91. The highest BCUT2D eigenvalue weighted by Gasteiger charge is 2.12. The molecule has 3 N–H and O–H groups in total. The summed E-state index contributed by atoms with van der Waals surface area (Å²) in [6, 6.07) is 6.86. The summed E-state index contributed by atoms with van der Waals surface area (Å²) in [5.74, 6) is -0.979. The molecule has 4 nitrogen and oxygen atoms in total. The van der Waals surface area contributed by atoms with Crippen LogP contribution in [0.3, 0.4) is 0 Å². The number of hydrogen-bond acceptors (Lipinski definition) is 3. The number of nitrogen functional groups attached to an aromatic ring is 1. The van der Waals surface area contributed by atoms with Gasteiger partial charge in [0, 0.05) is 5.02 Å². The maximum absolute atomic E-state index is 13.4. The number of aromatic nitrogens is 1. The SMILES string of the molecule is Nc1ccc(NC(=O)c2cc(Cl)ccc2F)nc1. The summed E-state index contributed by atoms with van der Waals surface area (Å²) in [6.07, 6.45) is 1.39. The number of pyridine rings is 1. The molecule has 2 rings (SSSR count). The maximum Gasteiger partial charge on any atom is 0.259 e. The molecule has 6 heteroatoms. The van der Waals surface area contributed by atoms with Crippen LogP contribution in [0, 0.1) is 5.82 Å². The largest absolute Gasteiger partial charge is 0.397 e. The fourth-order valence-electron chi connectivity index (χ4n) is 1.33. The minimum atomic E-state index is -0.646. The van der Waals surface area contributed by atoms with Crippen LogP contribution in [0.5, 0.6) is 0 Å². The zero-order valence-electron chi connectivity index (χ0n) is 9.15. The fourth-order valence-corrected chi connectivity index (χ4v) is 1.51. The van der Waals surface area contributed by atoms with Gasteiger partial charge in [-0.15, -0.1) is 0 Å². The molecule has 1 amide bonds. The van der Waals surface area contributed by atoms with Gasteiger partial charge in [-0.1, -0.05) is 11.6 Å². The Kier molecular flexibility index (Phi) is 3.43. The molecule has 0 fully saturated rings. The average Bonchev–Trinajstić information content (AvgIpc) is 2.35. The van der Waals surface area contributed by atoms with Gasteiger partial charge in [0.25, 0.3) is 5.91 Å². The van der Waals surface area contributed by atoms with Crippen molar-refractivity contribution in [2.24, 2.45) is 0 Å². The first-order valence-corrected chi connectivity index (χ1v) is 5.42. The molecule has 92 valence electrons. The predicted molar refractivity (Wildman–Crippen MR) is 68.0 cm³/mol. The van der Waals surface area contributed by atoms with E-state index in [-0.39, 0.29) is 16.4 Å². The first kappa shape index (κ1) is 12.3. The van der Waals surface area contributed by atoms with Crippen molar-refractivity contribution >= 4 is 29.0 Å². The smallest absolute Gasteiger partial charge is 0.259 e. The molecule has 0 saturated carbocycles. The van der Waals surface area contributed by atoms with E-state index in [0.717, 1.165) is 6.07 Å². The van der Waals surface area contributed by atoms with Crippen LogP contribution in [-0.2, 0) is 0 Å². The van der Waals surface area contributed by atoms with Crippen LogP contribution in [0.2, 0.25) is 5.02 Å². The minimum absolute atomic E-state index is 0.138. The van der Waals surface area contributed by atoms with Crippen molar-refractivity contribution in [3.63, 3.8) is 0 Å². The quantitative estimate of drug-likeness (QED) is 0.877. The standard InChI is InChI=1S/C12H9ClFN3O/c13-7-1-3-10(14)9(5-7)12(18)17-11-4-2-8(15)6-16-11/h1-6H,15H2,(H,16,17,18). The summed E-state index contributed by atoms with van der Waals surface area (Å²) in [7, 11) is 0. The van der Waals surface area contributed by atoms with E-state index in [1.165, 1.54) is 24.4 Å². The molecule has 1 aromatic heterocycles. The summed E-state index contributed by atoms with van der Waals surface area (Å²) in [6.45, 7) is 0. The molecular weight excluding hydrogens is 257 g/mol. The lowest BCUT2D eigenvalue weighted by Gasteiger charge is -2.05. The Balaban J connectivity index is 2.21. The third kappa shape index (κ3) is 2.75. The van der Waals surface area contributed by atoms with Crippen LogP contribution < -0.4 is 11.1 Å². The average molecular weight is 266 g/mol. The second kappa shape index (κ2) is 5.01. The monoisotopic (exact) mass is 265 g/mol. The topological polar surface area (TPSA) is 68.0 Å². The Hall–Kier alpha value is -2.14. The fraction of sp³-hybridized carbons (Fsp3) is 0. The van der Waals surface area contributed by atoms with Crippen LogP contribution >= 0.6 is 11.6 Å². The van der Waals surface area contributed by atoms with Gasteiger partial charge in [0.15, 0.2) is 0 Å². The highest BCUT2D eigenvalue weighted by molar-refractivity contribution is 6.31. The molecule has 0 atom stereocenters. The summed E-state index contributed by atoms with van der Waals surface area (Å²) >= 11 is 5.71. The Morgan fingerprint density at radius 3 is 2.78 bits per heavy atom. The van der Waals surface area contributed by atoms with Gasteiger partial charge >= 0.3 is 0 Å². The van der Waals surface area contributed by atoms with Crippen LogP contribution in [0.4, 0.5) is 15.9 Å². The molecule has 2 aromatic rings. The molecule has 0 aliphatic carbocycles. The summed E-state index contributed by atoms with van der Waals surface area (Å²) < 4.78 is 13.4. The molecule has 0 aliphatic heterocycles. The van der Waals surface area contributed by atoms with Gasteiger partial charge in [-0.05, 0) is 30.3 Å². The number of nitrogens with zero attached hydrogens (tertiary/aromatic N) is 1. The second-order valence-electron chi connectivity index (χ2n) is 3.56. The summed E-state index contributed by atoms with van der Waals surface area (Å²) in [5, 5.41) is 2.73. The van der Waals surface area contributed by atoms with E-state index < -0.39 is 11.7 Å². The van der Waals surface area contributed by atoms with Gasteiger partial charge in [-0.2, -0.15) is 0 Å². The molecule has 18 heavy (non-hydrogen) atoms. The second-order valence-corrected chi connectivity index (χ2v) is 3.99. The molecule has 0 saturated heterocycles. The van der Waals surface area contributed by atoms with Gasteiger partial charge in [-0.25, -0.2) is 9.37 Å². The van der Waals surface area contributed by atoms with Crippen molar-refractivity contribution in [3.8, 4) is 0 Å². The van der Waals surface area contributed by atoms with E-state index in [1.807, 2.05) is 0 Å². The first-order chi connectivity index (χ1) is 8.56. The van der Waals surface area contributed by atoms with E-state index in [4.69, 9.17) is 17.3 Å². The van der Waals surface area contributed by atoms with Crippen LogP contribution in [-0.4, -0.2) is 10.9 Å². The number of nitrogens with one attached hydrogen (secondary N) is 1. The number of carbonyl (C=O) groups is 1. The zero-order chi connectivity index (χ0) is 13.1. The highest BCUT2D eigenvalue weighted by Crippen LogP contribution is 2.16. The van der Waals surface area contributed by atoms with Crippen LogP contribution in [0.1, 0.15) is 10.4 Å². The van der Waals surface area contributed by atoms with Crippen molar-refractivity contribution in [2.45, 2.75) is 0 Å². The Morgan fingerprint density at radius 2 is 2.11 bits per heavy atom. The molecule has 0 radical (unpaired) electrons. The lowest BCUT2D eigenvalue weighted by atomic mass is 10.2. The number of nitrogens with two attached hydrogens (primary N) is 1. The third-order valence-corrected chi connectivity index (χ3v) is 2.44. The number of rotatable bonds is 2. The number of halogens is 2. The molecule has 1 heterocycles. The highest BCUT2D eigenvalue weighted by atomic mass is 35.5. The van der Waals surface area contributed by atoms with Gasteiger partial charge < -0.3 is 11.1 Å². The van der Waals surface area contributed by atoms with Gasteiger partial charge in [0.05, 0.1) is 17.4 Å². The van der Waals surface area contributed by atoms with Gasteiger partial charge in [0.2, 0.25) is 0 Å². The number of hydrogen-bond donors (Lipinski definition) is 2. The summed E-state index contributed by atoms with van der Waals surface area (Å²) in [5.41, 5.74) is 5.80. The molecule has 0 spiro atoms. The molecular formula is C12H9ClFN3O. The Morgan fingerprint density at radius 1 is 1.33 bits per heavy atom. The first-order valence-electron chi connectivity index (χ1n) is 5.04. The van der Waals surface area contributed by atoms with E-state index in [1.54, 1.807) is 6.07 Å². The molecule has 0 bridgehead atoms. The van der Waals surface area contributed by atoms with Gasteiger partial charge in [-0.3, -0.25) is 4.79 Å². The van der Waals surface area contributed by atoms with E-state index in [2.05, 4.69) is 10.3 Å². The molecule has 0 aliphatic rings. The number of anilines is 2. The minimum Gasteiger partial charge on any atom is -0.397 e. The van der Waals surface area contributed by atoms with Gasteiger partial charge in [0.1, 0.15) is 11.6 Å². The predicted octanol–water partition coefficient (Wildman–Crippen LogP) is 2.71. The molecule has 0 unspecified atom stereocenters. The normalized spacial score (nSPS) is 10.1. The Labute approximate surface area is 108 Å². The lowest BCUT2D eigenvalue weighted by molar-refractivity contribution is 0.102. The van der Waals surface area contributed by atoms with E-state index >= 15 is 0 Å². The van der Waals surface area contributed by atoms with Crippen molar-refractivity contribution in [1.29, 1.82) is 0 Å². The van der Waals surface area contributed by atoms with Crippen LogP contribution in [0.15, 0.2) is 36.5 Å². The lowest BCUT2D eigenvalue weighted by Crippen LogP contribution is -2.14. The number of benzene rings is 1. The van der Waals surface area contributed by atoms with Crippen molar-refractivity contribution in [3.05, 3.63) is 52.9 Å². The third-order valence-electron chi connectivity index (χ3n) is 2.20. The number of carbonyl (C=O) groups excluding carboxylic acids is 1. The van der Waals surface area contributed by atoms with Crippen molar-refractivity contribution < 1.29 is 9.18 Å². The maximum atomic E-state index is 13.4. The van der Waals surface area contributed by atoms with Crippen LogP contribution in [0.25, 0.3) is 0 Å². The number of amides is 1. The van der Waals surface area contributed by atoms with Crippen molar-refractivity contribution in [2.75, 3.05) is 11.1 Å². The van der Waals surface area contributed by atoms with E-state index in [9.17, 15) is 9.18 Å². The van der Waals surface area contributed by atoms with E-state index in [0.29, 0.717) is 5.69 Å². The van der Waals surface area contributed by atoms with Crippen molar-refractivity contribution in [1.82, 2.24) is 4.98 Å².